The van der Waals surface area contributed by atoms with Gasteiger partial charge in [-0.2, -0.15) is 39.5 Å². The molecule has 0 spiro atoms. The largest absolute Gasteiger partial charge is 0.460 e. The van der Waals surface area contributed by atoms with E-state index in [1.165, 1.54) is 0 Å². The summed E-state index contributed by atoms with van der Waals surface area (Å²) >= 11 is 0. The van der Waals surface area contributed by atoms with E-state index in [0.717, 1.165) is 0 Å². The van der Waals surface area contributed by atoms with Crippen LogP contribution in [0, 0.1) is 5.82 Å². The van der Waals surface area contributed by atoms with Gasteiger partial charge >= 0.3 is 23.9 Å². The van der Waals surface area contributed by atoms with Gasteiger partial charge in [-0.1, -0.05) is 6.07 Å². The van der Waals surface area contributed by atoms with Gasteiger partial charge in [0, 0.05) is 5.56 Å². The van der Waals surface area contributed by atoms with E-state index >= 15 is 0 Å². The van der Waals surface area contributed by atoms with Gasteiger partial charge in [0.25, 0.3) is 0 Å². The molecular formula is C10H5F10N. The van der Waals surface area contributed by atoms with Crippen LogP contribution in [0.1, 0.15) is 5.56 Å². The molecule has 120 valence electrons. The van der Waals surface area contributed by atoms with Crippen molar-refractivity contribution >= 4 is 5.69 Å². The molecule has 2 N–H and O–H groups in total. The van der Waals surface area contributed by atoms with E-state index in [1.54, 1.807) is 0 Å². The van der Waals surface area contributed by atoms with Gasteiger partial charge in [-0.05, 0) is 12.1 Å². The molecule has 0 heterocycles. The number of alkyl halides is 9. The number of nitrogens with two attached hydrogens (primary N) is 1. The topological polar surface area (TPSA) is 26.0 Å². The minimum Gasteiger partial charge on any atom is -0.396 e. The van der Waals surface area contributed by atoms with Crippen molar-refractivity contribution in [3.63, 3.8) is 0 Å². The first kappa shape index (κ1) is 17.4. The first-order chi connectivity index (χ1) is 9.16. The monoisotopic (exact) mass is 329 g/mol. The standard InChI is InChI=1S/C10H5F10N/c11-5-3-4(1-2-6(5)21)7(12,13)8(14,15)9(16,17)10(18,19)20/h1-3H,21H2. The lowest BCUT2D eigenvalue weighted by atomic mass is 9.96. The fourth-order valence-corrected chi connectivity index (χ4v) is 1.28. The summed E-state index contributed by atoms with van der Waals surface area (Å²) in [5.74, 6) is -21.5. The van der Waals surface area contributed by atoms with Crippen molar-refractivity contribution in [3.05, 3.63) is 29.6 Å². The minimum atomic E-state index is -7.03. The number of hydrogen-bond donors (Lipinski definition) is 1. The summed E-state index contributed by atoms with van der Waals surface area (Å²) in [4.78, 5) is 0. The van der Waals surface area contributed by atoms with Gasteiger partial charge in [0.1, 0.15) is 5.82 Å². The zero-order valence-electron chi connectivity index (χ0n) is 9.59. The second kappa shape index (κ2) is 4.67. The number of anilines is 1. The fourth-order valence-electron chi connectivity index (χ4n) is 1.28. The van der Waals surface area contributed by atoms with E-state index in [2.05, 4.69) is 0 Å². The van der Waals surface area contributed by atoms with Crippen LogP contribution in [-0.2, 0) is 5.92 Å². The van der Waals surface area contributed by atoms with Crippen molar-refractivity contribution in [2.24, 2.45) is 0 Å². The van der Waals surface area contributed by atoms with Crippen molar-refractivity contribution in [1.29, 1.82) is 0 Å². The molecule has 0 fully saturated rings. The summed E-state index contributed by atoms with van der Waals surface area (Å²) in [6.07, 6.45) is -6.92. The van der Waals surface area contributed by atoms with E-state index < -0.39 is 41.0 Å². The molecule has 11 heteroatoms. The molecule has 0 atom stereocenters. The highest BCUT2D eigenvalue weighted by Gasteiger charge is 2.82. The molecule has 0 radical (unpaired) electrons. The van der Waals surface area contributed by atoms with Gasteiger partial charge in [-0.3, -0.25) is 0 Å². The van der Waals surface area contributed by atoms with Crippen LogP contribution in [0.4, 0.5) is 49.6 Å². The van der Waals surface area contributed by atoms with E-state index in [4.69, 9.17) is 5.73 Å². The van der Waals surface area contributed by atoms with Crippen LogP contribution in [0.15, 0.2) is 18.2 Å². The van der Waals surface area contributed by atoms with E-state index in [0.29, 0.717) is 6.07 Å². The Kier molecular flexibility index (Phi) is 3.86. The highest BCUT2D eigenvalue weighted by Crippen LogP contribution is 2.56. The molecule has 0 saturated heterocycles. The molecule has 1 aromatic carbocycles. The van der Waals surface area contributed by atoms with Gasteiger partial charge in [-0.25, -0.2) is 4.39 Å². The number of rotatable bonds is 3. The van der Waals surface area contributed by atoms with Gasteiger partial charge < -0.3 is 5.73 Å². The summed E-state index contributed by atoms with van der Waals surface area (Å²) < 4.78 is 126. The van der Waals surface area contributed by atoms with Crippen LogP contribution in [0.5, 0.6) is 0 Å². The third kappa shape index (κ3) is 2.48. The third-order valence-electron chi connectivity index (χ3n) is 2.51. The highest BCUT2D eigenvalue weighted by atomic mass is 19.4. The maximum Gasteiger partial charge on any atom is 0.460 e. The number of nitrogen functional groups attached to an aromatic ring is 1. The van der Waals surface area contributed by atoms with E-state index in [1.807, 2.05) is 0 Å². The van der Waals surface area contributed by atoms with Crippen LogP contribution >= 0.6 is 0 Å². The van der Waals surface area contributed by atoms with Crippen LogP contribution in [0.25, 0.3) is 0 Å². The molecule has 0 unspecified atom stereocenters. The van der Waals surface area contributed by atoms with E-state index in [9.17, 15) is 43.9 Å². The SMILES string of the molecule is Nc1ccc(C(F)(F)C(F)(F)C(F)(F)C(F)(F)F)cc1F. The van der Waals surface area contributed by atoms with Crippen LogP contribution in [0.3, 0.4) is 0 Å². The Labute approximate surface area is 110 Å². The Hall–Kier alpha value is -1.68. The Balaban J connectivity index is 3.43. The Bertz CT molecular complexity index is 533. The average Bonchev–Trinajstić information content (AvgIpc) is 2.30. The Morgan fingerprint density at radius 3 is 1.62 bits per heavy atom. The van der Waals surface area contributed by atoms with Crippen LogP contribution in [-0.4, -0.2) is 18.0 Å². The quantitative estimate of drug-likeness (QED) is 0.648. The van der Waals surface area contributed by atoms with Gasteiger partial charge in [0.2, 0.25) is 0 Å². The maximum absolute atomic E-state index is 13.3. The van der Waals surface area contributed by atoms with Gasteiger partial charge in [-0.15, -0.1) is 0 Å². The predicted molar refractivity (Wildman–Crippen MR) is 50.7 cm³/mol. The lowest BCUT2D eigenvalue weighted by molar-refractivity contribution is -0.399. The van der Waals surface area contributed by atoms with Gasteiger partial charge in [0.05, 0.1) is 5.69 Å². The molecule has 0 bridgehead atoms. The smallest absolute Gasteiger partial charge is 0.396 e. The normalized spacial score (nSPS) is 14.4. The van der Waals surface area contributed by atoms with Crippen molar-refractivity contribution in [2.45, 2.75) is 23.9 Å². The predicted octanol–water partition coefficient (Wildman–Crippen LogP) is 4.33. The molecule has 0 aromatic heterocycles. The maximum atomic E-state index is 13.3. The minimum absolute atomic E-state index is 0.0266. The lowest BCUT2D eigenvalue weighted by Crippen LogP contribution is -2.59. The first-order valence-corrected chi connectivity index (χ1v) is 4.92. The molecule has 1 rings (SSSR count). The highest BCUT2D eigenvalue weighted by molar-refractivity contribution is 5.43. The first-order valence-electron chi connectivity index (χ1n) is 4.92. The summed E-state index contributed by atoms with van der Waals surface area (Å²) in [6, 6.07) is 0.0227. The zero-order valence-corrected chi connectivity index (χ0v) is 9.59. The molecule has 1 aromatic rings. The number of hydrogen-bond acceptors (Lipinski definition) is 1. The molecule has 0 aliphatic heterocycles. The second-order valence-corrected chi connectivity index (χ2v) is 3.96. The summed E-state index contributed by atoms with van der Waals surface area (Å²) in [6.45, 7) is 0. The van der Waals surface area contributed by atoms with Crippen molar-refractivity contribution < 1.29 is 43.9 Å². The summed E-state index contributed by atoms with van der Waals surface area (Å²) in [5.41, 5.74) is 2.02. The Morgan fingerprint density at radius 2 is 1.24 bits per heavy atom. The van der Waals surface area contributed by atoms with Crippen molar-refractivity contribution in [3.8, 4) is 0 Å². The molecular weight excluding hydrogens is 324 g/mol. The van der Waals surface area contributed by atoms with Crippen LogP contribution < -0.4 is 5.73 Å². The van der Waals surface area contributed by atoms with Gasteiger partial charge in [0.15, 0.2) is 0 Å². The van der Waals surface area contributed by atoms with Crippen molar-refractivity contribution in [1.82, 2.24) is 0 Å². The fraction of sp³-hybridized carbons (Fsp3) is 0.400. The summed E-state index contributed by atoms with van der Waals surface area (Å²) in [7, 11) is 0. The molecule has 0 saturated carbocycles. The number of benzene rings is 1. The molecule has 21 heavy (non-hydrogen) atoms. The third-order valence-corrected chi connectivity index (χ3v) is 2.51. The molecule has 1 nitrogen and oxygen atoms in total. The molecule has 0 aliphatic rings. The zero-order chi connectivity index (χ0) is 16.9. The van der Waals surface area contributed by atoms with Crippen LogP contribution in [0.2, 0.25) is 0 Å². The molecule has 0 amide bonds. The van der Waals surface area contributed by atoms with Crippen molar-refractivity contribution in [2.75, 3.05) is 5.73 Å². The molecule has 0 aliphatic carbocycles. The average molecular weight is 329 g/mol. The van der Waals surface area contributed by atoms with E-state index in [-0.39, 0.29) is 12.1 Å². The lowest BCUT2D eigenvalue weighted by Gasteiger charge is -2.33. The summed E-state index contributed by atoms with van der Waals surface area (Å²) in [5, 5.41) is 0. The number of halogens is 10. The Morgan fingerprint density at radius 1 is 0.762 bits per heavy atom. The second-order valence-electron chi connectivity index (χ2n) is 3.96.